The van der Waals surface area contributed by atoms with Crippen LogP contribution in [0.4, 0.5) is 0 Å². The van der Waals surface area contributed by atoms with Crippen molar-refractivity contribution in [3.63, 3.8) is 0 Å². The minimum absolute atomic E-state index is 0.297. The summed E-state index contributed by atoms with van der Waals surface area (Å²) in [5.74, 6) is -0.338. The molecule has 0 rings (SSSR count). The molecule has 0 aliphatic carbocycles. The molecule has 86 valence electrons. The number of hydrogen-bond acceptors (Lipinski definition) is 4. The van der Waals surface area contributed by atoms with Crippen molar-refractivity contribution >= 4 is 14.3 Å². The average Bonchev–Trinajstić information content (AvgIpc) is 2.09. The molecular weight excluding hydrogens is 210 g/mol. The fraction of sp³-hybridized carbons (Fsp3) is 0.800. The molecule has 5 heteroatoms. The van der Waals surface area contributed by atoms with E-state index in [1.165, 1.54) is 0 Å². The molecule has 0 aliphatic heterocycles. The van der Waals surface area contributed by atoms with E-state index in [0.717, 1.165) is 0 Å². The van der Waals surface area contributed by atoms with Gasteiger partial charge in [-0.1, -0.05) is 0 Å². The summed E-state index contributed by atoms with van der Waals surface area (Å²) in [4.78, 5) is 11.4. The summed E-state index contributed by atoms with van der Waals surface area (Å²) in [7, 11) is -1.69. The lowest BCUT2D eigenvalue weighted by atomic mass is 10.3. The first-order valence-corrected chi connectivity index (χ1v) is 8.49. The van der Waals surface area contributed by atoms with Gasteiger partial charge in [0, 0.05) is 6.42 Å². The molecule has 4 nitrogen and oxygen atoms in total. The number of carbonyl (C=O) groups excluding carboxylic acids is 1. The average molecular weight is 229 g/mol. The normalized spacial score (nSPS) is 13.0. The maximum Gasteiger partial charge on any atom is 0.333 e. The molecule has 0 radical (unpaired) electrons. The molecule has 0 aromatic rings. The van der Waals surface area contributed by atoms with Crippen molar-refractivity contribution in [1.29, 1.82) is 5.26 Å². The van der Waals surface area contributed by atoms with Crippen LogP contribution in [-0.4, -0.2) is 27.0 Å². The van der Waals surface area contributed by atoms with Crippen molar-refractivity contribution in [2.45, 2.75) is 45.5 Å². The quantitative estimate of drug-likeness (QED) is 0.397. The van der Waals surface area contributed by atoms with E-state index < -0.39 is 14.4 Å². The van der Waals surface area contributed by atoms with Gasteiger partial charge >= 0.3 is 5.97 Å². The van der Waals surface area contributed by atoms with Crippen LogP contribution in [0.15, 0.2) is 0 Å². The Kier molecular flexibility index (Phi) is 6.21. The van der Waals surface area contributed by atoms with E-state index in [2.05, 4.69) is 0 Å². The SMILES string of the molecule is CC(O[Si](C)(C)C)C(=O)OCCCC#N. The standard InChI is InChI=1S/C10H19NO3Si/c1-9(14-15(2,3)4)10(12)13-8-6-5-7-11/h9H,5-6,8H2,1-4H3. The lowest BCUT2D eigenvalue weighted by Gasteiger charge is -2.22. The van der Waals surface area contributed by atoms with Crippen LogP contribution in [0.5, 0.6) is 0 Å². The van der Waals surface area contributed by atoms with Gasteiger partial charge in [-0.2, -0.15) is 5.26 Å². The second-order valence-electron chi connectivity index (χ2n) is 4.30. The molecule has 15 heavy (non-hydrogen) atoms. The molecule has 0 saturated heterocycles. The highest BCUT2D eigenvalue weighted by Gasteiger charge is 2.23. The van der Waals surface area contributed by atoms with Crippen LogP contribution in [-0.2, 0) is 14.0 Å². The number of nitrogens with zero attached hydrogens (tertiary/aromatic N) is 1. The van der Waals surface area contributed by atoms with E-state index in [-0.39, 0.29) is 5.97 Å². The third-order valence-corrected chi connectivity index (χ3v) is 2.60. The zero-order valence-corrected chi connectivity index (χ0v) is 10.9. The first-order valence-electron chi connectivity index (χ1n) is 5.08. The van der Waals surface area contributed by atoms with Gasteiger partial charge in [-0.3, -0.25) is 0 Å². The van der Waals surface area contributed by atoms with Crippen molar-refractivity contribution in [2.24, 2.45) is 0 Å². The van der Waals surface area contributed by atoms with Gasteiger partial charge in [0.15, 0.2) is 8.32 Å². The van der Waals surface area contributed by atoms with Crippen LogP contribution < -0.4 is 0 Å². The van der Waals surface area contributed by atoms with Gasteiger partial charge in [-0.05, 0) is 33.0 Å². The topological polar surface area (TPSA) is 59.3 Å². The second kappa shape index (κ2) is 6.59. The first-order chi connectivity index (χ1) is 6.87. The molecule has 0 aromatic carbocycles. The zero-order valence-electron chi connectivity index (χ0n) is 9.87. The molecule has 0 aromatic heterocycles. The Morgan fingerprint density at radius 1 is 1.47 bits per heavy atom. The molecule has 0 spiro atoms. The van der Waals surface area contributed by atoms with E-state index in [1.807, 2.05) is 25.7 Å². The molecule has 0 N–H and O–H groups in total. The third kappa shape index (κ3) is 8.15. The van der Waals surface area contributed by atoms with E-state index in [4.69, 9.17) is 14.4 Å². The molecule has 0 amide bonds. The van der Waals surface area contributed by atoms with E-state index in [0.29, 0.717) is 19.4 Å². The molecule has 0 saturated carbocycles. The van der Waals surface area contributed by atoms with Gasteiger partial charge in [0.1, 0.15) is 6.10 Å². The van der Waals surface area contributed by atoms with Crippen molar-refractivity contribution in [2.75, 3.05) is 6.61 Å². The van der Waals surface area contributed by atoms with Gasteiger partial charge in [-0.25, -0.2) is 4.79 Å². The number of ether oxygens (including phenoxy) is 1. The molecule has 1 unspecified atom stereocenters. The number of nitriles is 1. The lowest BCUT2D eigenvalue weighted by Crippen LogP contribution is -2.35. The summed E-state index contributed by atoms with van der Waals surface area (Å²) in [5, 5.41) is 8.28. The summed E-state index contributed by atoms with van der Waals surface area (Å²) in [5.41, 5.74) is 0. The van der Waals surface area contributed by atoms with Gasteiger partial charge in [0.25, 0.3) is 0 Å². The van der Waals surface area contributed by atoms with Gasteiger partial charge in [0.2, 0.25) is 0 Å². The first kappa shape index (κ1) is 14.1. The summed E-state index contributed by atoms with van der Waals surface area (Å²) < 4.78 is 10.5. The molecule has 1 atom stereocenters. The number of unbranched alkanes of at least 4 members (excludes halogenated alkanes) is 1. The van der Waals surface area contributed by atoms with Crippen molar-refractivity contribution in [1.82, 2.24) is 0 Å². The zero-order chi connectivity index (χ0) is 11.9. The molecule has 0 fully saturated rings. The summed E-state index contributed by atoms with van der Waals surface area (Å²) in [6.07, 6.45) is 0.497. The summed E-state index contributed by atoms with van der Waals surface area (Å²) in [6, 6.07) is 1.99. The Labute approximate surface area is 92.3 Å². The molecular formula is C10H19NO3Si. The highest BCUT2D eigenvalue weighted by Crippen LogP contribution is 2.08. The highest BCUT2D eigenvalue weighted by atomic mass is 28.4. The van der Waals surface area contributed by atoms with Gasteiger partial charge in [0.05, 0.1) is 12.7 Å². The van der Waals surface area contributed by atoms with Crippen LogP contribution in [0, 0.1) is 11.3 Å². The third-order valence-electron chi connectivity index (χ3n) is 1.54. The van der Waals surface area contributed by atoms with Crippen LogP contribution in [0.25, 0.3) is 0 Å². The Bertz CT molecular complexity index is 242. The van der Waals surface area contributed by atoms with Crippen LogP contribution in [0.1, 0.15) is 19.8 Å². The van der Waals surface area contributed by atoms with Crippen molar-refractivity contribution in [3.05, 3.63) is 0 Å². The summed E-state index contributed by atoms with van der Waals surface area (Å²) in [6.45, 7) is 8.06. The number of hydrogen-bond donors (Lipinski definition) is 0. The maximum atomic E-state index is 11.4. The predicted octanol–water partition coefficient (Wildman–Crippen LogP) is 2.07. The summed E-state index contributed by atoms with van der Waals surface area (Å²) >= 11 is 0. The Morgan fingerprint density at radius 2 is 2.07 bits per heavy atom. The van der Waals surface area contributed by atoms with Crippen molar-refractivity contribution < 1.29 is 14.0 Å². The van der Waals surface area contributed by atoms with Crippen LogP contribution in [0.2, 0.25) is 19.6 Å². The molecule has 0 heterocycles. The maximum absolute atomic E-state index is 11.4. The number of carbonyl (C=O) groups is 1. The molecule has 0 aliphatic rings. The van der Waals surface area contributed by atoms with E-state index in [1.54, 1.807) is 6.92 Å². The lowest BCUT2D eigenvalue weighted by molar-refractivity contribution is -0.151. The van der Waals surface area contributed by atoms with Crippen molar-refractivity contribution in [3.8, 4) is 6.07 Å². The van der Waals surface area contributed by atoms with Crippen LogP contribution in [0.3, 0.4) is 0 Å². The molecule has 0 bridgehead atoms. The van der Waals surface area contributed by atoms with E-state index in [9.17, 15) is 4.79 Å². The highest BCUT2D eigenvalue weighted by molar-refractivity contribution is 6.69. The second-order valence-corrected chi connectivity index (χ2v) is 8.76. The Morgan fingerprint density at radius 3 is 2.53 bits per heavy atom. The largest absolute Gasteiger partial charge is 0.464 e. The van der Waals surface area contributed by atoms with Gasteiger partial charge < -0.3 is 9.16 Å². The fourth-order valence-corrected chi connectivity index (χ4v) is 2.18. The Hall–Kier alpha value is -0.863. The Balaban J connectivity index is 3.76. The predicted molar refractivity (Wildman–Crippen MR) is 59.7 cm³/mol. The monoisotopic (exact) mass is 229 g/mol. The smallest absolute Gasteiger partial charge is 0.333 e. The number of rotatable bonds is 6. The fourth-order valence-electron chi connectivity index (χ4n) is 1.02. The minimum atomic E-state index is -1.69. The van der Waals surface area contributed by atoms with Gasteiger partial charge in [-0.15, -0.1) is 0 Å². The van der Waals surface area contributed by atoms with Crippen LogP contribution >= 0.6 is 0 Å². The minimum Gasteiger partial charge on any atom is -0.464 e. The van der Waals surface area contributed by atoms with E-state index >= 15 is 0 Å². The number of esters is 1.